The third-order valence-electron chi connectivity index (χ3n) is 5.09. The van der Waals surface area contributed by atoms with E-state index < -0.39 is 11.8 Å². The highest BCUT2D eigenvalue weighted by Gasteiger charge is 2.24. The smallest absolute Gasteiger partial charge is 0.293 e. The number of nitrogens with one attached hydrogen (secondary N) is 2. The van der Waals surface area contributed by atoms with Crippen molar-refractivity contribution in [3.05, 3.63) is 65.0 Å². The molecule has 0 bridgehead atoms. The number of primary amides is 1. The lowest BCUT2D eigenvalue weighted by atomic mass is 10.1. The highest BCUT2D eigenvalue weighted by molar-refractivity contribution is 5.98. The van der Waals surface area contributed by atoms with Crippen LogP contribution in [0.5, 0.6) is 11.5 Å². The minimum Gasteiger partial charge on any atom is -0.454 e. The molecule has 0 spiro atoms. The maximum atomic E-state index is 12.9. The second-order valence-corrected chi connectivity index (χ2v) is 7.34. The summed E-state index contributed by atoms with van der Waals surface area (Å²) in [6, 6.07) is 11.8. The van der Waals surface area contributed by atoms with Gasteiger partial charge in [-0.3, -0.25) is 9.59 Å². The summed E-state index contributed by atoms with van der Waals surface area (Å²) in [5.74, 6) is -0.100. The van der Waals surface area contributed by atoms with Gasteiger partial charge < -0.3 is 26.3 Å². The van der Waals surface area contributed by atoms with Crippen LogP contribution in [0.2, 0.25) is 0 Å². The zero-order valence-electron chi connectivity index (χ0n) is 18.4. The van der Waals surface area contributed by atoms with Gasteiger partial charge in [0, 0.05) is 5.69 Å². The number of benzene rings is 2. The van der Waals surface area contributed by atoms with Gasteiger partial charge in [-0.05, 0) is 46.2 Å². The molecule has 1 aliphatic heterocycles. The molecule has 1 aliphatic rings. The summed E-state index contributed by atoms with van der Waals surface area (Å²) in [5, 5.41) is 22.2. The summed E-state index contributed by atoms with van der Waals surface area (Å²) in [4.78, 5) is 24.7. The van der Waals surface area contributed by atoms with Crippen LogP contribution in [0, 0.1) is 0 Å². The van der Waals surface area contributed by atoms with E-state index in [9.17, 15) is 9.59 Å². The van der Waals surface area contributed by atoms with Gasteiger partial charge in [-0.15, -0.1) is 5.10 Å². The number of anilines is 2. The number of nitrogens with zero attached hydrogens (tertiary/aromatic N) is 6. The zero-order valence-corrected chi connectivity index (χ0v) is 18.4. The van der Waals surface area contributed by atoms with Crippen LogP contribution in [0.1, 0.15) is 32.1 Å². The monoisotopic (exact) mass is 490 g/mol. The molecular formula is C21H18N10O5. The number of fused-ring (bicyclic) bond motifs is 1. The zero-order chi connectivity index (χ0) is 25.1. The molecule has 2 amide bonds. The lowest BCUT2D eigenvalue weighted by Gasteiger charge is -2.11. The Hall–Kier alpha value is -5.47. The van der Waals surface area contributed by atoms with Crippen molar-refractivity contribution >= 4 is 29.5 Å². The molecule has 0 atom stereocenters. The first-order chi connectivity index (χ1) is 17.5. The molecular weight excluding hydrogens is 472 g/mol. The number of carbonyl (C=O) groups is 2. The third kappa shape index (κ3) is 4.35. The SMILES string of the molecule is NC(=O)c1ccccc1NCc1c(C(=O)N/N=C\c2ccc3c(c2)OCO3)nnn1-c1nonc1N. The Morgan fingerprint density at radius 3 is 2.78 bits per heavy atom. The molecule has 5 rings (SSSR count). The van der Waals surface area contributed by atoms with E-state index in [0.717, 1.165) is 0 Å². The number of amides is 2. The minimum absolute atomic E-state index is 0.0157. The van der Waals surface area contributed by atoms with E-state index in [1.165, 1.54) is 10.9 Å². The number of aromatic nitrogens is 5. The Kier molecular flexibility index (Phi) is 5.84. The van der Waals surface area contributed by atoms with Crippen molar-refractivity contribution in [3.63, 3.8) is 0 Å². The Morgan fingerprint density at radius 2 is 1.97 bits per heavy atom. The van der Waals surface area contributed by atoms with E-state index in [4.69, 9.17) is 20.9 Å². The van der Waals surface area contributed by atoms with Crippen molar-refractivity contribution < 1.29 is 23.7 Å². The van der Waals surface area contributed by atoms with Crippen LogP contribution in [-0.2, 0) is 6.54 Å². The highest BCUT2D eigenvalue weighted by Crippen LogP contribution is 2.32. The van der Waals surface area contributed by atoms with Gasteiger partial charge in [-0.2, -0.15) is 9.78 Å². The lowest BCUT2D eigenvalue weighted by Crippen LogP contribution is -2.22. The van der Waals surface area contributed by atoms with Crippen LogP contribution in [0.3, 0.4) is 0 Å². The normalized spacial score (nSPS) is 12.1. The first-order valence-corrected chi connectivity index (χ1v) is 10.4. The lowest BCUT2D eigenvalue weighted by molar-refractivity contribution is 0.0947. The molecule has 2 aromatic heterocycles. The van der Waals surface area contributed by atoms with Crippen molar-refractivity contribution in [2.24, 2.45) is 10.8 Å². The molecule has 0 saturated heterocycles. The first kappa shape index (κ1) is 22.3. The summed E-state index contributed by atoms with van der Waals surface area (Å²) in [6.07, 6.45) is 1.44. The number of para-hydroxylation sites is 1. The predicted molar refractivity (Wildman–Crippen MR) is 124 cm³/mol. The largest absolute Gasteiger partial charge is 0.454 e. The molecule has 0 aliphatic carbocycles. The van der Waals surface area contributed by atoms with E-state index in [-0.39, 0.29) is 41.9 Å². The number of nitrogens with two attached hydrogens (primary N) is 2. The van der Waals surface area contributed by atoms with Gasteiger partial charge in [0.1, 0.15) is 0 Å². The molecule has 3 heterocycles. The number of nitrogen functional groups attached to an aromatic ring is 1. The number of hydrogen-bond acceptors (Lipinski definition) is 12. The predicted octanol–water partition coefficient (Wildman–Crippen LogP) is 0.436. The van der Waals surface area contributed by atoms with Crippen LogP contribution in [-0.4, -0.2) is 50.1 Å². The van der Waals surface area contributed by atoms with Crippen LogP contribution in [0.15, 0.2) is 52.2 Å². The molecule has 6 N–H and O–H groups in total. The van der Waals surface area contributed by atoms with Crippen LogP contribution in [0.4, 0.5) is 11.5 Å². The molecule has 15 nitrogen and oxygen atoms in total. The Labute approximate surface area is 202 Å². The molecule has 4 aromatic rings. The van der Waals surface area contributed by atoms with Gasteiger partial charge in [0.05, 0.1) is 24.0 Å². The van der Waals surface area contributed by atoms with Gasteiger partial charge in [-0.25, -0.2) is 10.1 Å². The molecule has 0 unspecified atom stereocenters. The van der Waals surface area contributed by atoms with E-state index in [1.54, 1.807) is 42.5 Å². The molecule has 182 valence electrons. The summed E-state index contributed by atoms with van der Waals surface area (Å²) < 4.78 is 16.4. The first-order valence-electron chi connectivity index (χ1n) is 10.4. The molecule has 36 heavy (non-hydrogen) atoms. The number of hydrogen-bond donors (Lipinski definition) is 4. The molecule has 0 radical (unpaired) electrons. The van der Waals surface area contributed by atoms with Crippen molar-refractivity contribution in [1.29, 1.82) is 0 Å². The Bertz CT molecular complexity index is 1480. The second-order valence-electron chi connectivity index (χ2n) is 7.34. The van der Waals surface area contributed by atoms with Gasteiger partial charge in [0.2, 0.25) is 18.4 Å². The maximum Gasteiger partial charge on any atom is 0.293 e. The number of ether oxygens (including phenoxy) is 2. The summed E-state index contributed by atoms with van der Waals surface area (Å²) in [6.45, 7) is 0.132. The molecule has 0 saturated carbocycles. The van der Waals surface area contributed by atoms with Crippen LogP contribution in [0.25, 0.3) is 5.82 Å². The summed E-state index contributed by atoms with van der Waals surface area (Å²) in [7, 11) is 0. The quantitative estimate of drug-likeness (QED) is 0.196. The topological polar surface area (TPSA) is 211 Å². The number of rotatable bonds is 8. The fourth-order valence-corrected chi connectivity index (χ4v) is 3.39. The highest BCUT2D eigenvalue weighted by atomic mass is 16.7. The van der Waals surface area contributed by atoms with Crippen LogP contribution >= 0.6 is 0 Å². The fourth-order valence-electron chi connectivity index (χ4n) is 3.39. The third-order valence-corrected chi connectivity index (χ3v) is 5.09. The van der Waals surface area contributed by atoms with Gasteiger partial charge in [0.15, 0.2) is 17.2 Å². The number of hydrazone groups is 1. The molecule has 0 fully saturated rings. The second kappa shape index (κ2) is 9.41. The summed E-state index contributed by atoms with van der Waals surface area (Å²) in [5.41, 5.74) is 15.2. The minimum atomic E-state index is -0.659. The maximum absolute atomic E-state index is 12.9. The number of carbonyl (C=O) groups excluding carboxylic acids is 2. The van der Waals surface area contributed by atoms with Gasteiger partial charge >= 0.3 is 0 Å². The molecule has 15 heteroatoms. The van der Waals surface area contributed by atoms with Gasteiger partial charge in [0.25, 0.3) is 11.8 Å². The van der Waals surface area contributed by atoms with E-state index >= 15 is 0 Å². The Balaban J connectivity index is 1.39. The average Bonchev–Trinajstić information content (AvgIpc) is 3.61. The van der Waals surface area contributed by atoms with E-state index in [1.807, 2.05) is 0 Å². The van der Waals surface area contributed by atoms with Crippen LogP contribution < -0.4 is 31.7 Å². The van der Waals surface area contributed by atoms with Crippen molar-refractivity contribution in [2.45, 2.75) is 6.54 Å². The van der Waals surface area contributed by atoms with Crippen molar-refractivity contribution in [3.8, 4) is 17.3 Å². The summed E-state index contributed by atoms with van der Waals surface area (Å²) >= 11 is 0. The van der Waals surface area contributed by atoms with Crippen molar-refractivity contribution in [2.75, 3.05) is 17.8 Å². The molecule has 2 aromatic carbocycles. The van der Waals surface area contributed by atoms with E-state index in [2.05, 4.69) is 41.1 Å². The standard InChI is InChI=1S/C21H18N10O5/c22-18-20(29-36-28-18)31-14(9-24-13-4-2-1-3-12(13)19(23)32)17(26-30-31)21(33)27-25-8-11-5-6-15-16(7-11)35-10-34-15/h1-8,24H,9-10H2,(H2,22,28)(H2,23,32)(H,27,33)/b25-8-. The van der Waals surface area contributed by atoms with E-state index in [0.29, 0.717) is 22.7 Å². The average molecular weight is 490 g/mol. The fraction of sp³-hybridized carbons (Fsp3) is 0.0952. The Morgan fingerprint density at radius 1 is 1.14 bits per heavy atom. The van der Waals surface area contributed by atoms with Crippen molar-refractivity contribution in [1.82, 2.24) is 30.7 Å². The van der Waals surface area contributed by atoms with Gasteiger partial charge in [-0.1, -0.05) is 17.3 Å².